The summed E-state index contributed by atoms with van der Waals surface area (Å²) in [5.74, 6) is -1.26. The lowest BCUT2D eigenvalue weighted by molar-refractivity contribution is -0.138. The summed E-state index contributed by atoms with van der Waals surface area (Å²) in [7, 11) is 0. The molecule has 0 aliphatic rings. The second-order valence-corrected chi connectivity index (χ2v) is 6.54. The fraction of sp³-hybridized carbons (Fsp3) is 0.267. The Labute approximate surface area is 125 Å². The van der Waals surface area contributed by atoms with Gasteiger partial charge < -0.3 is 5.11 Å². The van der Waals surface area contributed by atoms with Gasteiger partial charge in [-0.25, -0.2) is 0 Å². The van der Waals surface area contributed by atoms with Gasteiger partial charge in [-0.05, 0) is 42.7 Å². The molecule has 0 spiro atoms. The fourth-order valence-corrected chi connectivity index (χ4v) is 3.41. The monoisotopic (exact) mass is 338 g/mol. The Kier molecular flexibility index (Phi) is 4.77. The molecule has 19 heavy (non-hydrogen) atoms. The highest BCUT2D eigenvalue weighted by atomic mass is 79.9. The maximum atomic E-state index is 11.5. The van der Waals surface area contributed by atoms with Crippen LogP contribution in [0.5, 0.6) is 0 Å². The van der Waals surface area contributed by atoms with Gasteiger partial charge in [0, 0.05) is 14.2 Å². The molecule has 2 rings (SSSR count). The quantitative estimate of drug-likeness (QED) is 0.872. The zero-order chi connectivity index (χ0) is 13.8. The number of rotatable bonds is 5. The van der Waals surface area contributed by atoms with Gasteiger partial charge in [0.05, 0.1) is 5.92 Å². The molecule has 0 aliphatic carbocycles. The summed E-state index contributed by atoms with van der Waals surface area (Å²) >= 11 is 5.09. The largest absolute Gasteiger partial charge is 0.481 e. The molecule has 0 aliphatic heterocycles. The molecule has 1 aromatic carbocycles. The molecule has 2 aromatic rings. The van der Waals surface area contributed by atoms with Crippen LogP contribution in [0.2, 0.25) is 0 Å². The van der Waals surface area contributed by atoms with Crippen molar-refractivity contribution in [3.63, 3.8) is 0 Å². The summed E-state index contributed by atoms with van der Waals surface area (Å²) in [6, 6.07) is 11.7. The van der Waals surface area contributed by atoms with Gasteiger partial charge in [-0.3, -0.25) is 4.79 Å². The molecule has 1 unspecified atom stereocenters. The maximum absolute atomic E-state index is 11.5. The molecule has 2 nitrogen and oxygen atoms in total. The first kappa shape index (κ1) is 14.3. The molecule has 0 saturated carbocycles. The molecule has 0 amide bonds. The van der Waals surface area contributed by atoms with Crippen LogP contribution in [0.3, 0.4) is 0 Å². The van der Waals surface area contributed by atoms with Gasteiger partial charge in [0.1, 0.15) is 0 Å². The minimum Gasteiger partial charge on any atom is -0.481 e. The van der Waals surface area contributed by atoms with Crippen LogP contribution >= 0.6 is 27.3 Å². The summed E-state index contributed by atoms with van der Waals surface area (Å²) in [6.45, 7) is 2.11. The number of hydrogen-bond donors (Lipinski definition) is 1. The van der Waals surface area contributed by atoms with Crippen molar-refractivity contribution >= 4 is 33.2 Å². The topological polar surface area (TPSA) is 37.3 Å². The number of aryl methyl sites for hydroxylation is 1. The molecule has 0 bridgehead atoms. The highest BCUT2D eigenvalue weighted by Gasteiger charge is 2.21. The molecule has 0 fully saturated rings. The average molecular weight is 339 g/mol. The first-order chi connectivity index (χ1) is 9.10. The van der Waals surface area contributed by atoms with E-state index in [2.05, 4.69) is 28.9 Å². The van der Waals surface area contributed by atoms with Crippen LogP contribution in [0.4, 0.5) is 0 Å². The van der Waals surface area contributed by atoms with Crippen molar-refractivity contribution < 1.29 is 9.90 Å². The van der Waals surface area contributed by atoms with Gasteiger partial charge in [-0.2, -0.15) is 0 Å². The number of thiophene rings is 1. The van der Waals surface area contributed by atoms with Crippen molar-refractivity contribution in [2.45, 2.75) is 25.7 Å². The van der Waals surface area contributed by atoms with Crippen molar-refractivity contribution in [1.82, 2.24) is 0 Å². The predicted octanol–water partition coefficient (Wildman–Crippen LogP) is 4.48. The molecule has 1 heterocycles. The fourth-order valence-electron chi connectivity index (χ4n) is 1.99. The summed E-state index contributed by atoms with van der Waals surface area (Å²) < 4.78 is 0.914. The molecular weight excluding hydrogens is 324 g/mol. The summed E-state index contributed by atoms with van der Waals surface area (Å²) in [4.78, 5) is 13.9. The molecule has 1 N–H and O–H groups in total. The van der Waals surface area contributed by atoms with E-state index in [0.29, 0.717) is 6.42 Å². The molecule has 100 valence electrons. The van der Waals surface area contributed by atoms with Crippen LogP contribution in [0.1, 0.15) is 28.2 Å². The van der Waals surface area contributed by atoms with Crippen molar-refractivity contribution in [2.75, 3.05) is 0 Å². The van der Waals surface area contributed by atoms with Crippen molar-refractivity contribution in [3.8, 4) is 0 Å². The lowest BCUT2D eigenvalue weighted by atomic mass is 9.95. The molecule has 1 atom stereocenters. The van der Waals surface area contributed by atoms with Gasteiger partial charge in [-0.1, -0.05) is 35.0 Å². The van der Waals surface area contributed by atoms with Crippen molar-refractivity contribution in [2.24, 2.45) is 0 Å². The van der Waals surface area contributed by atoms with E-state index in [9.17, 15) is 9.90 Å². The second-order valence-electron chi connectivity index (χ2n) is 4.37. The smallest absolute Gasteiger partial charge is 0.311 e. The summed E-state index contributed by atoms with van der Waals surface area (Å²) in [5.41, 5.74) is 0.841. The zero-order valence-corrected chi connectivity index (χ0v) is 13.0. The predicted molar refractivity (Wildman–Crippen MR) is 81.9 cm³/mol. The van der Waals surface area contributed by atoms with E-state index in [0.717, 1.165) is 21.3 Å². The van der Waals surface area contributed by atoms with Crippen molar-refractivity contribution in [3.05, 3.63) is 56.2 Å². The third-order valence-corrected chi connectivity index (χ3v) is 4.77. The highest BCUT2D eigenvalue weighted by Crippen LogP contribution is 2.27. The van der Waals surface area contributed by atoms with Crippen LogP contribution in [-0.4, -0.2) is 11.1 Å². The third kappa shape index (κ3) is 3.67. The van der Waals surface area contributed by atoms with E-state index < -0.39 is 11.9 Å². The molecular formula is C15H15BrO2S. The van der Waals surface area contributed by atoms with Crippen LogP contribution in [0.15, 0.2) is 40.9 Å². The van der Waals surface area contributed by atoms with Gasteiger partial charge in [-0.15, -0.1) is 11.3 Å². The lowest BCUT2D eigenvalue weighted by Gasteiger charge is -2.12. The Morgan fingerprint density at radius 2 is 2.05 bits per heavy atom. The average Bonchev–Trinajstić information content (AvgIpc) is 2.83. The summed E-state index contributed by atoms with van der Waals surface area (Å²) in [5, 5.41) is 9.43. The minimum absolute atomic E-state index is 0.485. The standard InChI is InChI=1S/C15H15BrO2S/c1-2-12-6-7-13(19-12)9-14(15(17)18)10-4-3-5-11(16)8-10/h3-8,14H,2,9H2,1H3,(H,17,18). The van der Waals surface area contributed by atoms with E-state index in [1.807, 2.05) is 30.3 Å². The first-order valence-corrected chi connectivity index (χ1v) is 7.77. The molecule has 0 saturated heterocycles. The number of benzene rings is 1. The molecule has 4 heteroatoms. The van der Waals surface area contributed by atoms with Gasteiger partial charge >= 0.3 is 5.97 Å². The maximum Gasteiger partial charge on any atom is 0.311 e. The number of halogens is 1. The van der Waals surface area contributed by atoms with Crippen LogP contribution in [0, 0.1) is 0 Å². The second kappa shape index (κ2) is 6.35. The normalized spacial score (nSPS) is 12.3. The Morgan fingerprint density at radius 3 is 2.63 bits per heavy atom. The molecule has 1 aromatic heterocycles. The third-order valence-electron chi connectivity index (χ3n) is 3.02. The number of hydrogen-bond acceptors (Lipinski definition) is 2. The van der Waals surface area contributed by atoms with Crippen molar-refractivity contribution in [1.29, 1.82) is 0 Å². The van der Waals surface area contributed by atoms with E-state index in [-0.39, 0.29) is 0 Å². The van der Waals surface area contributed by atoms with E-state index >= 15 is 0 Å². The first-order valence-electron chi connectivity index (χ1n) is 6.16. The number of carboxylic acids is 1. The lowest BCUT2D eigenvalue weighted by Crippen LogP contribution is -2.13. The van der Waals surface area contributed by atoms with Gasteiger partial charge in [0.15, 0.2) is 0 Å². The van der Waals surface area contributed by atoms with E-state index in [1.165, 1.54) is 4.88 Å². The molecule has 0 radical (unpaired) electrons. The Morgan fingerprint density at radius 1 is 1.32 bits per heavy atom. The van der Waals surface area contributed by atoms with Gasteiger partial charge in [0.2, 0.25) is 0 Å². The van der Waals surface area contributed by atoms with Crippen LogP contribution in [0.25, 0.3) is 0 Å². The Bertz CT molecular complexity index is 577. The van der Waals surface area contributed by atoms with Gasteiger partial charge in [0.25, 0.3) is 0 Å². The van der Waals surface area contributed by atoms with Crippen LogP contribution in [-0.2, 0) is 17.6 Å². The number of carbonyl (C=O) groups is 1. The van der Waals surface area contributed by atoms with E-state index in [1.54, 1.807) is 11.3 Å². The zero-order valence-electron chi connectivity index (χ0n) is 10.6. The SMILES string of the molecule is CCc1ccc(CC(C(=O)O)c2cccc(Br)c2)s1. The number of aliphatic carboxylic acids is 1. The Hall–Kier alpha value is -1.13. The highest BCUT2D eigenvalue weighted by molar-refractivity contribution is 9.10. The number of carboxylic acid groups (broad SMARTS) is 1. The van der Waals surface area contributed by atoms with E-state index in [4.69, 9.17) is 0 Å². The summed E-state index contributed by atoms with van der Waals surface area (Å²) in [6.07, 6.45) is 1.55. The Balaban J connectivity index is 2.23. The van der Waals surface area contributed by atoms with Crippen LogP contribution < -0.4 is 0 Å². The minimum atomic E-state index is -0.774.